The van der Waals surface area contributed by atoms with Gasteiger partial charge < -0.3 is 64.9 Å². The van der Waals surface area contributed by atoms with Crippen LogP contribution in [0.3, 0.4) is 0 Å². The molecule has 0 aromatic heterocycles. The van der Waals surface area contributed by atoms with Gasteiger partial charge in [0.15, 0.2) is 17.8 Å². The number of ether oxygens (including phenoxy) is 4. The summed E-state index contributed by atoms with van der Waals surface area (Å²) in [5.41, 5.74) is -2.50. The van der Waals surface area contributed by atoms with E-state index in [1.54, 1.807) is 0 Å². The highest BCUT2D eigenvalue weighted by Gasteiger charge is 2.65. The van der Waals surface area contributed by atoms with Gasteiger partial charge in [0, 0.05) is 5.92 Å². The molecule has 4 rings (SSSR count). The van der Waals surface area contributed by atoms with Gasteiger partial charge in [0.05, 0.1) is 31.0 Å². The van der Waals surface area contributed by atoms with Crippen LogP contribution in [-0.4, -0.2) is 120 Å². The lowest BCUT2D eigenvalue weighted by Crippen LogP contribution is -2.61. The first-order chi connectivity index (χ1) is 17.0. The van der Waals surface area contributed by atoms with Crippen LogP contribution < -0.4 is 0 Å². The van der Waals surface area contributed by atoms with Gasteiger partial charge in [-0.05, 0) is 24.3 Å². The van der Waals surface area contributed by atoms with Crippen LogP contribution >= 0.6 is 0 Å². The van der Waals surface area contributed by atoms with Gasteiger partial charge in [0.1, 0.15) is 42.2 Å². The third-order valence-electron chi connectivity index (χ3n) is 6.83. The van der Waals surface area contributed by atoms with Crippen LogP contribution in [0.25, 0.3) is 0 Å². The van der Waals surface area contributed by atoms with Gasteiger partial charge in [-0.3, -0.25) is 0 Å². The number of fused-ring (bicyclic) bond motifs is 1. The lowest BCUT2D eigenvalue weighted by molar-refractivity contribution is -0.348. The van der Waals surface area contributed by atoms with Gasteiger partial charge in [0.25, 0.3) is 0 Å². The summed E-state index contributed by atoms with van der Waals surface area (Å²) in [6, 6.07) is 3.17. The Morgan fingerprint density at radius 2 is 1.72 bits per heavy atom. The maximum atomic E-state index is 12.7. The highest BCUT2D eigenvalue weighted by Crippen LogP contribution is 2.48. The molecule has 1 aromatic carbocycles. The first-order valence-electron chi connectivity index (χ1n) is 11.1. The molecule has 0 bridgehead atoms. The van der Waals surface area contributed by atoms with Crippen LogP contribution in [0.15, 0.2) is 30.5 Å². The van der Waals surface area contributed by atoms with E-state index in [4.69, 9.17) is 18.9 Å². The van der Waals surface area contributed by atoms with Gasteiger partial charge >= 0.3 is 5.97 Å². The van der Waals surface area contributed by atoms with Gasteiger partial charge in [-0.25, -0.2) is 4.79 Å². The van der Waals surface area contributed by atoms with Gasteiger partial charge in [-0.15, -0.1) is 0 Å². The van der Waals surface area contributed by atoms with E-state index in [9.17, 15) is 50.8 Å². The van der Waals surface area contributed by atoms with Gasteiger partial charge in [0.2, 0.25) is 6.29 Å². The normalized spacial score (nSPS) is 42.0. The van der Waals surface area contributed by atoms with Crippen molar-refractivity contribution in [1.82, 2.24) is 0 Å². The van der Waals surface area contributed by atoms with Crippen molar-refractivity contribution in [3.8, 4) is 11.5 Å². The lowest BCUT2D eigenvalue weighted by Gasteiger charge is -2.43. The number of aliphatic hydroxyl groups excluding tert-OH is 6. The Morgan fingerprint density at radius 3 is 2.36 bits per heavy atom. The fourth-order valence-electron chi connectivity index (χ4n) is 4.79. The molecular formula is C22H28O14. The Kier molecular flexibility index (Phi) is 7.43. The molecule has 14 heteroatoms. The van der Waals surface area contributed by atoms with E-state index in [1.165, 1.54) is 12.1 Å². The SMILES string of the molecule is O=C(O[C@H]1[C@@H]2C=CO[C@H](O[C@@H]3O[C@@H](CO)[C@@H](O)[C@@H](O)[C@H]3O)[C@@H]2[C@](O)(CO)[C@@H]1O)c1ccc(O)c(O)c1. The molecule has 1 saturated heterocycles. The summed E-state index contributed by atoms with van der Waals surface area (Å²) in [5.74, 6) is -4.35. The summed E-state index contributed by atoms with van der Waals surface area (Å²) in [4.78, 5) is 12.7. The maximum Gasteiger partial charge on any atom is 0.338 e. The third-order valence-corrected chi connectivity index (χ3v) is 6.83. The number of hydrogen-bond donors (Lipinski definition) is 9. The van der Waals surface area contributed by atoms with Gasteiger partial charge in [-0.1, -0.05) is 0 Å². The average Bonchev–Trinajstić information content (AvgIpc) is 3.08. The highest BCUT2D eigenvalue weighted by atomic mass is 16.8. The quantitative estimate of drug-likeness (QED) is 0.133. The van der Waals surface area contributed by atoms with Crippen LogP contribution in [-0.2, 0) is 18.9 Å². The fraction of sp³-hybridized carbons (Fsp3) is 0.591. The number of esters is 1. The molecule has 1 aromatic rings. The van der Waals surface area contributed by atoms with Crippen molar-refractivity contribution >= 4 is 5.97 Å². The largest absolute Gasteiger partial charge is 0.504 e. The molecule has 0 spiro atoms. The number of aliphatic hydroxyl groups is 7. The monoisotopic (exact) mass is 516 g/mol. The first kappa shape index (κ1) is 26.5. The van der Waals surface area contributed by atoms with Crippen molar-refractivity contribution in [1.29, 1.82) is 0 Å². The second-order valence-corrected chi connectivity index (χ2v) is 8.94. The molecule has 2 heterocycles. The summed E-state index contributed by atoms with van der Waals surface area (Å²) in [7, 11) is 0. The molecule has 36 heavy (non-hydrogen) atoms. The Labute approximate surface area is 203 Å². The van der Waals surface area contributed by atoms with Crippen molar-refractivity contribution in [2.45, 2.75) is 54.8 Å². The van der Waals surface area contributed by atoms with E-state index in [0.29, 0.717) is 0 Å². The van der Waals surface area contributed by atoms with E-state index in [1.807, 2.05) is 0 Å². The van der Waals surface area contributed by atoms with Crippen molar-refractivity contribution in [2.24, 2.45) is 11.8 Å². The number of carbonyl (C=O) groups is 1. The second-order valence-electron chi connectivity index (χ2n) is 8.94. The predicted molar refractivity (Wildman–Crippen MR) is 113 cm³/mol. The minimum atomic E-state index is -2.34. The standard InChI is InChI=1S/C22H28O14/c23-6-12-14(27)15(28)16(29)21(34-12)36-20-13-9(3-4-33-20)17(18(30)22(13,32)7-24)35-19(31)8-1-2-10(25)11(26)5-8/h1-5,9,12-18,20-21,23-30,32H,6-7H2/t9-,12+,13-,14-,15-,16-,17+,18-,20-,21+,22-/m1/s1. The highest BCUT2D eigenvalue weighted by molar-refractivity contribution is 5.90. The maximum absolute atomic E-state index is 12.7. The average molecular weight is 516 g/mol. The van der Waals surface area contributed by atoms with E-state index in [-0.39, 0.29) is 5.56 Å². The molecule has 1 aliphatic carbocycles. The molecule has 14 nitrogen and oxygen atoms in total. The summed E-state index contributed by atoms with van der Waals surface area (Å²) in [5, 5.41) is 90.7. The number of aromatic hydroxyl groups is 2. The number of rotatable bonds is 6. The molecule has 200 valence electrons. The molecule has 3 aliphatic rings. The molecule has 0 amide bonds. The number of hydrogen-bond acceptors (Lipinski definition) is 14. The summed E-state index contributed by atoms with van der Waals surface area (Å²) in [6.45, 7) is -1.73. The minimum absolute atomic E-state index is 0.168. The topological polar surface area (TPSA) is 236 Å². The Balaban J connectivity index is 1.57. The zero-order valence-electron chi connectivity index (χ0n) is 18.6. The molecule has 2 fully saturated rings. The fourth-order valence-corrected chi connectivity index (χ4v) is 4.79. The Bertz CT molecular complexity index is 983. The first-order valence-corrected chi connectivity index (χ1v) is 11.1. The second kappa shape index (κ2) is 10.1. The van der Waals surface area contributed by atoms with Crippen LogP contribution in [0.1, 0.15) is 10.4 Å². The summed E-state index contributed by atoms with van der Waals surface area (Å²) >= 11 is 0. The van der Waals surface area contributed by atoms with Crippen LogP contribution in [0, 0.1) is 11.8 Å². The van der Waals surface area contributed by atoms with E-state index in [0.717, 1.165) is 18.4 Å². The lowest BCUT2D eigenvalue weighted by atomic mass is 9.83. The molecule has 11 atom stereocenters. The molecule has 2 aliphatic heterocycles. The Morgan fingerprint density at radius 1 is 1.00 bits per heavy atom. The minimum Gasteiger partial charge on any atom is -0.504 e. The van der Waals surface area contributed by atoms with Gasteiger partial charge in [-0.2, -0.15) is 0 Å². The van der Waals surface area contributed by atoms with E-state index < -0.39 is 97.3 Å². The number of benzene rings is 1. The van der Waals surface area contributed by atoms with Crippen LogP contribution in [0.2, 0.25) is 0 Å². The number of phenols is 2. The molecular weight excluding hydrogens is 488 g/mol. The van der Waals surface area contributed by atoms with Crippen molar-refractivity contribution in [3.05, 3.63) is 36.1 Å². The van der Waals surface area contributed by atoms with E-state index >= 15 is 0 Å². The number of carbonyl (C=O) groups excluding carboxylic acids is 1. The van der Waals surface area contributed by atoms with Crippen LogP contribution in [0.4, 0.5) is 0 Å². The number of phenolic OH excluding ortho intramolecular Hbond substituents is 2. The zero-order valence-corrected chi connectivity index (χ0v) is 18.6. The summed E-state index contributed by atoms with van der Waals surface area (Å²) < 4.78 is 21.7. The predicted octanol–water partition coefficient (Wildman–Crippen LogP) is -3.36. The van der Waals surface area contributed by atoms with Crippen molar-refractivity contribution in [3.63, 3.8) is 0 Å². The van der Waals surface area contributed by atoms with Crippen molar-refractivity contribution < 1.29 is 69.7 Å². The smallest absolute Gasteiger partial charge is 0.338 e. The molecule has 0 unspecified atom stereocenters. The van der Waals surface area contributed by atoms with E-state index in [2.05, 4.69) is 0 Å². The summed E-state index contributed by atoms with van der Waals surface area (Å²) in [6.07, 6.45) is -10.4. The third kappa shape index (κ3) is 4.40. The van der Waals surface area contributed by atoms with Crippen LogP contribution in [0.5, 0.6) is 11.5 Å². The molecule has 9 N–H and O–H groups in total. The molecule has 1 saturated carbocycles. The zero-order chi connectivity index (χ0) is 26.4. The Hall–Kier alpha value is -2.53. The van der Waals surface area contributed by atoms with Crippen molar-refractivity contribution in [2.75, 3.05) is 13.2 Å². The molecule has 0 radical (unpaired) electrons.